The molecule has 5 heteroatoms. The molecule has 2 aromatic carbocycles. The minimum atomic E-state index is 0.0404. The number of piperazine rings is 1. The predicted molar refractivity (Wildman–Crippen MR) is 117 cm³/mol. The largest absolute Gasteiger partial charge is 0.328 e. The highest BCUT2D eigenvalue weighted by molar-refractivity contribution is 5.76. The molecule has 5 nitrogen and oxygen atoms in total. The third kappa shape index (κ3) is 3.43. The van der Waals surface area contributed by atoms with Gasteiger partial charge in [0.05, 0.1) is 11.0 Å². The summed E-state index contributed by atoms with van der Waals surface area (Å²) < 4.78 is 3.49. The lowest BCUT2D eigenvalue weighted by Crippen LogP contribution is -2.56. The number of aromatic nitrogens is 2. The Balaban J connectivity index is 1.43. The van der Waals surface area contributed by atoms with Crippen molar-refractivity contribution in [3.05, 3.63) is 70.1 Å². The van der Waals surface area contributed by atoms with Gasteiger partial charge in [0.25, 0.3) is 0 Å². The first-order valence-electron chi connectivity index (χ1n) is 10.8. The summed E-state index contributed by atoms with van der Waals surface area (Å²) in [5.74, 6) is 0. The Morgan fingerprint density at radius 2 is 1.72 bits per heavy atom. The van der Waals surface area contributed by atoms with Crippen molar-refractivity contribution in [2.24, 2.45) is 14.1 Å². The highest BCUT2D eigenvalue weighted by atomic mass is 16.1. The van der Waals surface area contributed by atoms with E-state index in [9.17, 15) is 4.79 Å². The van der Waals surface area contributed by atoms with Crippen LogP contribution in [0.5, 0.6) is 0 Å². The quantitative estimate of drug-likeness (QED) is 0.687. The summed E-state index contributed by atoms with van der Waals surface area (Å²) in [5, 5.41) is 0. The van der Waals surface area contributed by atoms with Crippen LogP contribution in [0.1, 0.15) is 24.0 Å². The second-order valence-electron chi connectivity index (χ2n) is 8.79. The zero-order chi connectivity index (χ0) is 20.0. The minimum Gasteiger partial charge on any atom is -0.298 e. The molecule has 0 N–H and O–H groups in total. The molecule has 2 saturated heterocycles. The highest BCUT2D eigenvalue weighted by Crippen LogP contribution is 2.28. The van der Waals surface area contributed by atoms with Crippen LogP contribution in [0, 0.1) is 0 Å². The molecule has 0 spiro atoms. The Morgan fingerprint density at radius 1 is 0.931 bits per heavy atom. The van der Waals surface area contributed by atoms with Gasteiger partial charge in [0, 0.05) is 45.8 Å². The molecule has 0 amide bonds. The van der Waals surface area contributed by atoms with Crippen molar-refractivity contribution >= 4 is 11.0 Å². The van der Waals surface area contributed by atoms with Crippen LogP contribution in [0.3, 0.4) is 0 Å². The lowest BCUT2D eigenvalue weighted by Gasteiger charge is -2.44. The van der Waals surface area contributed by atoms with Gasteiger partial charge in [-0.1, -0.05) is 36.4 Å². The summed E-state index contributed by atoms with van der Waals surface area (Å²) in [6.45, 7) is 4.50. The summed E-state index contributed by atoms with van der Waals surface area (Å²) in [7, 11) is 3.71. The second-order valence-corrected chi connectivity index (χ2v) is 8.79. The van der Waals surface area contributed by atoms with Crippen LogP contribution in [0.25, 0.3) is 11.0 Å². The average molecular weight is 391 g/mol. The van der Waals surface area contributed by atoms with E-state index in [0.29, 0.717) is 12.1 Å². The SMILES string of the molecule is Cn1c(=O)n(C)c2cc(CN3C[C@@H]4CCCN4C[C@@H]3Cc3ccccc3)ccc21. The van der Waals surface area contributed by atoms with Gasteiger partial charge in [-0.15, -0.1) is 0 Å². The molecule has 5 rings (SSSR count). The molecular weight excluding hydrogens is 360 g/mol. The number of benzene rings is 2. The van der Waals surface area contributed by atoms with Gasteiger partial charge in [0.15, 0.2) is 0 Å². The lowest BCUT2D eigenvalue weighted by atomic mass is 9.99. The van der Waals surface area contributed by atoms with Gasteiger partial charge in [-0.05, 0) is 49.1 Å². The summed E-state index contributed by atoms with van der Waals surface area (Å²) in [5.41, 5.74) is 4.78. The van der Waals surface area contributed by atoms with E-state index in [1.54, 1.807) is 9.13 Å². The molecule has 0 aliphatic carbocycles. The molecule has 0 bridgehead atoms. The van der Waals surface area contributed by atoms with E-state index in [-0.39, 0.29) is 5.69 Å². The topological polar surface area (TPSA) is 33.4 Å². The van der Waals surface area contributed by atoms with Gasteiger partial charge in [-0.25, -0.2) is 4.79 Å². The monoisotopic (exact) mass is 390 g/mol. The van der Waals surface area contributed by atoms with Gasteiger partial charge in [-0.2, -0.15) is 0 Å². The predicted octanol–water partition coefficient (Wildman–Crippen LogP) is 2.77. The average Bonchev–Trinajstić information content (AvgIpc) is 3.27. The van der Waals surface area contributed by atoms with E-state index in [1.807, 2.05) is 14.1 Å². The maximum absolute atomic E-state index is 12.3. The van der Waals surface area contributed by atoms with Crippen LogP contribution < -0.4 is 5.69 Å². The Hall–Kier alpha value is -2.37. The van der Waals surface area contributed by atoms with Gasteiger partial charge in [0.2, 0.25) is 0 Å². The summed E-state index contributed by atoms with van der Waals surface area (Å²) in [4.78, 5) is 17.7. The van der Waals surface area contributed by atoms with Crippen LogP contribution >= 0.6 is 0 Å². The molecule has 2 aliphatic heterocycles. The molecule has 2 aliphatic rings. The first kappa shape index (κ1) is 18.6. The zero-order valence-electron chi connectivity index (χ0n) is 17.4. The number of hydrogen-bond acceptors (Lipinski definition) is 3. The molecular formula is C24H30N4O. The third-order valence-electron chi connectivity index (χ3n) is 6.94. The van der Waals surface area contributed by atoms with E-state index in [1.165, 1.54) is 30.5 Å². The molecule has 3 heterocycles. The van der Waals surface area contributed by atoms with Crippen molar-refractivity contribution in [3.8, 4) is 0 Å². The lowest BCUT2D eigenvalue weighted by molar-refractivity contribution is 0.0456. The van der Waals surface area contributed by atoms with Crippen LogP contribution in [-0.4, -0.2) is 50.7 Å². The number of hydrogen-bond donors (Lipinski definition) is 0. The van der Waals surface area contributed by atoms with Crippen molar-refractivity contribution in [2.75, 3.05) is 19.6 Å². The number of imidazole rings is 1. The fourth-order valence-corrected chi connectivity index (χ4v) is 5.31. The maximum Gasteiger partial charge on any atom is 0.328 e. The summed E-state index contributed by atoms with van der Waals surface area (Å²) in [6.07, 6.45) is 3.74. The van der Waals surface area contributed by atoms with Gasteiger partial charge >= 0.3 is 5.69 Å². The second kappa shape index (κ2) is 7.47. The van der Waals surface area contributed by atoms with E-state index in [4.69, 9.17) is 0 Å². The van der Waals surface area contributed by atoms with Crippen LogP contribution in [0.4, 0.5) is 0 Å². The van der Waals surface area contributed by atoms with Crippen molar-refractivity contribution in [1.29, 1.82) is 0 Å². The normalized spacial score (nSPS) is 23.0. The molecule has 29 heavy (non-hydrogen) atoms. The Morgan fingerprint density at radius 3 is 2.55 bits per heavy atom. The van der Waals surface area contributed by atoms with Crippen LogP contribution in [0.2, 0.25) is 0 Å². The van der Waals surface area contributed by atoms with Crippen LogP contribution in [-0.2, 0) is 27.1 Å². The van der Waals surface area contributed by atoms with E-state index >= 15 is 0 Å². The Bertz CT molecular complexity index is 1070. The van der Waals surface area contributed by atoms with Crippen molar-refractivity contribution in [1.82, 2.24) is 18.9 Å². The van der Waals surface area contributed by atoms with Gasteiger partial charge in [-0.3, -0.25) is 18.9 Å². The van der Waals surface area contributed by atoms with Gasteiger partial charge < -0.3 is 0 Å². The molecule has 3 aromatic rings. The number of nitrogens with zero attached hydrogens (tertiary/aromatic N) is 4. The number of fused-ring (bicyclic) bond motifs is 2. The molecule has 0 radical (unpaired) electrons. The fraction of sp³-hybridized carbons (Fsp3) is 0.458. The van der Waals surface area contributed by atoms with E-state index < -0.39 is 0 Å². The summed E-state index contributed by atoms with van der Waals surface area (Å²) in [6, 6.07) is 18.6. The first-order valence-corrected chi connectivity index (χ1v) is 10.8. The molecule has 1 aromatic heterocycles. The van der Waals surface area contributed by atoms with E-state index in [0.717, 1.165) is 37.1 Å². The standard InChI is InChI=1S/C24H30N4O/c1-25-22-11-10-19(14-23(22)26(2)24(25)29)15-28-16-20-9-6-12-27(20)17-21(28)13-18-7-4-3-5-8-18/h3-5,7-8,10-11,14,20-21H,6,9,12-13,15-17H2,1-2H3/t20-,21-/m0/s1. The molecule has 2 atom stereocenters. The molecule has 2 fully saturated rings. The zero-order valence-corrected chi connectivity index (χ0v) is 17.4. The van der Waals surface area contributed by atoms with E-state index in [2.05, 4.69) is 58.3 Å². The number of rotatable bonds is 4. The van der Waals surface area contributed by atoms with Gasteiger partial charge in [0.1, 0.15) is 0 Å². The number of aryl methyl sites for hydroxylation is 2. The highest BCUT2D eigenvalue weighted by Gasteiger charge is 2.36. The van der Waals surface area contributed by atoms with Crippen molar-refractivity contribution in [3.63, 3.8) is 0 Å². The maximum atomic E-state index is 12.3. The smallest absolute Gasteiger partial charge is 0.298 e. The van der Waals surface area contributed by atoms with Crippen LogP contribution in [0.15, 0.2) is 53.3 Å². The molecule has 0 saturated carbocycles. The fourth-order valence-electron chi connectivity index (χ4n) is 5.31. The first-order chi connectivity index (χ1) is 14.1. The van der Waals surface area contributed by atoms with Crippen molar-refractivity contribution in [2.45, 2.75) is 37.9 Å². The molecule has 0 unspecified atom stereocenters. The molecule has 152 valence electrons. The Kier molecular flexibility index (Phi) is 4.80. The third-order valence-corrected chi connectivity index (χ3v) is 6.94. The summed E-state index contributed by atoms with van der Waals surface area (Å²) >= 11 is 0. The van der Waals surface area contributed by atoms with Crippen molar-refractivity contribution < 1.29 is 0 Å². The Labute approximate surface area is 172 Å². The minimum absolute atomic E-state index is 0.0404.